The normalized spacial score (nSPS) is 15.0. The highest BCUT2D eigenvalue weighted by molar-refractivity contribution is 5.94. The lowest BCUT2D eigenvalue weighted by Gasteiger charge is -2.02. The number of benzene rings is 1. The van der Waals surface area contributed by atoms with E-state index in [1.807, 2.05) is 24.3 Å². The van der Waals surface area contributed by atoms with Crippen LogP contribution in [-0.2, 0) is 4.74 Å². The van der Waals surface area contributed by atoms with Gasteiger partial charge < -0.3 is 9.47 Å². The molecule has 0 unspecified atom stereocenters. The van der Waals surface area contributed by atoms with Crippen LogP contribution in [0.3, 0.4) is 0 Å². The molecule has 1 heterocycles. The number of ether oxygens (including phenoxy) is 2. The number of hydrogen-bond acceptors (Lipinski definition) is 3. The summed E-state index contributed by atoms with van der Waals surface area (Å²) in [4.78, 5) is 4.22. The molecule has 0 fully saturated rings. The molecular weight excluding hydrogens is 166 g/mol. The molecule has 0 N–H and O–H groups in total. The Bertz CT molecular complexity index is 316. The molecule has 0 spiro atoms. The van der Waals surface area contributed by atoms with E-state index < -0.39 is 0 Å². The van der Waals surface area contributed by atoms with Crippen molar-refractivity contribution in [3.8, 4) is 5.75 Å². The summed E-state index contributed by atoms with van der Waals surface area (Å²) in [6.45, 7) is 1.46. The first-order valence-electron chi connectivity index (χ1n) is 4.22. The monoisotopic (exact) mass is 177 g/mol. The Morgan fingerprint density at radius 1 is 1.31 bits per heavy atom. The first-order valence-corrected chi connectivity index (χ1v) is 4.22. The van der Waals surface area contributed by atoms with Crippen molar-refractivity contribution < 1.29 is 9.47 Å². The fourth-order valence-corrected chi connectivity index (χ4v) is 1.24. The first kappa shape index (κ1) is 8.10. The van der Waals surface area contributed by atoms with Crippen LogP contribution >= 0.6 is 0 Å². The Balaban J connectivity index is 2.22. The summed E-state index contributed by atoms with van der Waals surface area (Å²) in [7, 11) is 1.65. The van der Waals surface area contributed by atoms with Crippen LogP contribution in [0.2, 0.25) is 0 Å². The lowest BCUT2D eigenvalue weighted by molar-refractivity contribution is 0.348. The lowest BCUT2D eigenvalue weighted by Crippen LogP contribution is -2.00. The van der Waals surface area contributed by atoms with Gasteiger partial charge in [0.25, 0.3) is 0 Å². The summed E-state index contributed by atoms with van der Waals surface area (Å²) in [5, 5.41) is 0. The number of hydrogen-bond donors (Lipinski definition) is 0. The van der Waals surface area contributed by atoms with Gasteiger partial charge >= 0.3 is 0 Å². The summed E-state index contributed by atoms with van der Waals surface area (Å²) in [6, 6.07) is 7.70. The Labute approximate surface area is 77.0 Å². The zero-order valence-corrected chi connectivity index (χ0v) is 7.49. The predicted octanol–water partition coefficient (Wildman–Crippen LogP) is 1.47. The second-order valence-electron chi connectivity index (χ2n) is 2.76. The van der Waals surface area contributed by atoms with E-state index in [0.29, 0.717) is 6.61 Å². The third kappa shape index (κ3) is 1.64. The highest BCUT2D eigenvalue weighted by atomic mass is 16.5. The van der Waals surface area contributed by atoms with Crippen molar-refractivity contribution in [3.63, 3.8) is 0 Å². The van der Waals surface area contributed by atoms with E-state index in [4.69, 9.17) is 9.47 Å². The van der Waals surface area contributed by atoms with Crippen LogP contribution in [0, 0.1) is 0 Å². The Morgan fingerprint density at radius 3 is 2.62 bits per heavy atom. The average molecular weight is 177 g/mol. The van der Waals surface area contributed by atoms with Gasteiger partial charge in [-0.2, -0.15) is 0 Å². The molecule has 1 aliphatic heterocycles. The second kappa shape index (κ2) is 3.47. The minimum Gasteiger partial charge on any atom is -0.497 e. The van der Waals surface area contributed by atoms with Crippen molar-refractivity contribution in [1.82, 2.24) is 0 Å². The van der Waals surface area contributed by atoms with Gasteiger partial charge in [0.2, 0.25) is 5.90 Å². The minimum absolute atomic E-state index is 0.696. The van der Waals surface area contributed by atoms with E-state index in [1.165, 1.54) is 0 Å². The molecule has 3 heteroatoms. The van der Waals surface area contributed by atoms with Gasteiger partial charge in [0.1, 0.15) is 12.4 Å². The summed E-state index contributed by atoms with van der Waals surface area (Å²) < 4.78 is 10.4. The van der Waals surface area contributed by atoms with Crippen molar-refractivity contribution in [1.29, 1.82) is 0 Å². The van der Waals surface area contributed by atoms with Gasteiger partial charge in [0.05, 0.1) is 13.7 Å². The predicted molar refractivity (Wildman–Crippen MR) is 50.4 cm³/mol. The van der Waals surface area contributed by atoms with Crippen LogP contribution in [0.4, 0.5) is 0 Å². The van der Waals surface area contributed by atoms with E-state index >= 15 is 0 Å². The van der Waals surface area contributed by atoms with Gasteiger partial charge in [0, 0.05) is 5.56 Å². The van der Waals surface area contributed by atoms with E-state index in [0.717, 1.165) is 23.8 Å². The molecular formula is C10H11NO2. The SMILES string of the molecule is COc1ccc(C2=NCCO2)cc1. The molecule has 1 aromatic rings. The topological polar surface area (TPSA) is 30.8 Å². The fourth-order valence-electron chi connectivity index (χ4n) is 1.24. The average Bonchev–Trinajstić information content (AvgIpc) is 2.71. The summed E-state index contributed by atoms with van der Waals surface area (Å²) in [6.07, 6.45) is 0. The van der Waals surface area contributed by atoms with E-state index in [2.05, 4.69) is 4.99 Å². The molecule has 0 saturated carbocycles. The standard InChI is InChI=1S/C10H11NO2/c1-12-9-4-2-8(3-5-9)10-11-6-7-13-10/h2-5H,6-7H2,1H3. The van der Waals surface area contributed by atoms with E-state index in [-0.39, 0.29) is 0 Å². The van der Waals surface area contributed by atoms with E-state index in [1.54, 1.807) is 7.11 Å². The van der Waals surface area contributed by atoms with Crippen LogP contribution in [0.25, 0.3) is 0 Å². The van der Waals surface area contributed by atoms with Crippen LogP contribution < -0.4 is 4.74 Å². The van der Waals surface area contributed by atoms with Crippen molar-refractivity contribution in [3.05, 3.63) is 29.8 Å². The maximum atomic E-state index is 5.32. The maximum Gasteiger partial charge on any atom is 0.216 e. The van der Waals surface area contributed by atoms with Crippen LogP contribution in [0.1, 0.15) is 5.56 Å². The zero-order valence-electron chi connectivity index (χ0n) is 7.49. The summed E-state index contributed by atoms with van der Waals surface area (Å²) in [5.74, 6) is 1.59. The van der Waals surface area contributed by atoms with Crippen molar-refractivity contribution in [2.24, 2.45) is 4.99 Å². The van der Waals surface area contributed by atoms with Gasteiger partial charge in [0.15, 0.2) is 0 Å². The van der Waals surface area contributed by atoms with Crippen LogP contribution in [0.5, 0.6) is 5.75 Å². The molecule has 1 aliphatic rings. The number of methoxy groups -OCH3 is 1. The van der Waals surface area contributed by atoms with Gasteiger partial charge in [-0.25, -0.2) is 4.99 Å². The molecule has 0 radical (unpaired) electrons. The molecule has 1 aromatic carbocycles. The summed E-state index contributed by atoms with van der Waals surface area (Å²) in [5.41, 5.74) is 1.01. The zero-order chi connectivity index (χ0) is 9.10. The quantitative estimate of drug-likeness (QED) is 0.685. The molecule has 0 aromatic heterocycles. The highest BCUT2D eigenvalue weighted by Crippen LogP contribution is 2.13. The molecule has 0 bridgehead atoms. The third-order valence-corrected chi connectivity index (χ3v) is 1.92. The second-order valence-corrected chi connectivity index (χ2v) is 2.76. The number of aliphatic imine (C=N–C) groups is 1. The molecule has 3 nitrogen and oxygen atoms in total. The van der Waals surface area contributed by atoms with Crippen molar-refractivity contribution >= 4 is 5.90 Å². The van der Waals surface area contributed by atoms with Crippen LogP contribution in [0.15, 0.2) is 29.3 Å². The lowest BCUT2D eigenvalue weighted by atomic mass is 10.2. The molecule has 0 aliphatic carbocycles. The highest BCUT2D eigenvalue weighted by Gasteiger charge is 2.09. The van der Waals surface area contributed by atoms with Crippen molar-refractivity contribution in [2.45, 2.75) is 0 Å². The Hall–Kier alpha value is -1.51. The van der Waals surface area contributed by atoms with Gasteiger partial charge in [-0.1, -0.05) is 0 Å². The number of rotatable bonds is 2. The largest absolute Gasteiger partial charge is 0.497 e. The molecule has 13 heavy (non-hydrogen) atoms. The number of nitrogens with zero attached hydrogens (tertiary/aromatic N) is 1. The first-order chi connectivity index (χ1) is 6.40. The van der Waals surface area contributed by atoms with Crippen molar-refractivity contribution in [2.75, 3.05) is 20.3 Å². The molecule has 2 rings (SSSR count). The molecule has 68 valence electrons. The van der Waals surface area contributed by atoms with Gasteiger partial charge in [-0.15, -0.1) is 0 Å². The third-order valence-electron chi connectivity index (χ3n) is 1.92. The molecule has 0 amide bonds. The van der Waals surface area contributed by atoms with Gasteiger partial charge in [-0.3, -0.25) is 0 Å². The minimum atomic E-state index is 0.696. The fraction of sp³-hybridized carbons (Fsp3) is 0.300. The maximum absolute atomic E-state index is 5.32. The smallest absolute Gasteiger partial charge is 0.216 e. The summed E-state index contributed by atoms with van der Waals surface area (Å²) >= 11 is 0. The Kier molecular flexibility index (Phi) is 2.17. The Morgan fingerprint density at radius 2 is 2.08 bits per heavy atom. The molecule has 0 saturated heterocycles. The molecule has 0 atom stereocenters. The van der Waals surface area contributed by atoms with Gasteiger partial charge in [-0.05, 0) is 24.3 Å². The van der Waals surface area contributed by atoms with E-state index in [9.17, 15) is 0 Å². The van der Waals surface area contributed by atoms with Crippen LogP contribution in [-0.4, -0.2) is 26.2 Å².